The summed E-state index contributed by atoms with van der Waals surface area (Å²) in [6.45, 7) is 0. The second kappa shape index (κ2) is 5.07. The van der Waals surface area contributed by atoms with E-state index in [9.17, 15) is 15.0 Å². The Morgan fingerprint density at radius 1 is 1.44 bits per heavy atom. The highest BCUT2D eigenvalue weighted by atomic mass is 16.6. The van der Waals surface area contributed by atoms with E-state index in [2.05, 4.69) is 4.74 Å². The van der Waals surface area contributed by atoms with E-state index < -0.39 is 17.9 Å². The van der Waals surface area contributed by atoms with Gasteiger partial charge in [-0.25, -0.2) is 4.79 Å². The van der Waals surface area contributed by atoms with E-state index in [0.717, 1.165) is 7.11 Å². The van der Waals surface area contributed by atoms with Crippen LogP contribution in [-0.2, 0) is 16.0 Å². The summed E-state index contributed by atoms with van der Waals surface area (Å²) < 4.78 is 4.47. The Morgan fingerprint density at radius 2 is 2.00 bits per heavy atom. The van der Waals surface area contributed by atoms with Gasteiger partial charge in [-0.15, -0.1) is 0 Å². The van der Waals surface area contributed by atoms with E-state index in [1.165, 1.54) is 0 Å². The molecule has 0 amide bonds. The van der Waals surface area contributed by atoms with Gasteiger partial charge < -0.3 is 20.1 Å². The number of aliphatic hydroxyl groups excluding tert-OH is 1. The number of hydrogen-bond donors (Lipinski definition) is 3. The van der Waals surface area contributed by atoms with Crippen LogP contribution >= 0.6 is 0 Å². The van der Waals surface area contributed by atoms with Gasteiger partial charge in [-0.05, 0) is 5.56 Å². The lowest BCUT2D eigenvalue weighted by Crippen LogP contribution is -2.52. The first-order chi connectivity index (χ1) is 7.50. The third-order valence-electron chi connectivity index (χ3n) is 2.32. The first-order valence-electron chi connectivity index (χ1n) is 4.71. The van der Waals surface area contributed by atoms with Crippen LogP contribution in [0.1, 0.15) is 5.56 Å². The molecular weight excluding hydrogens is 212 g/mol. The summed E-state index contributed by atoms with van der Waals surface area (Å²) in [5.74, 6) is -1.52. The van der Waals surface area contributed by atoms with Crippen LogP contribution in [0.2, 0.25) is 0 Å². The van der Waals surface area contributed by atoms with E-state index >= 15 is 0 Å². The Labute approximate surface area is 92.9 Å². The lowest BCUT2D eigenvalue weighted by atomic mass is 9.94. The number of carbonyl (C=O) groups is 1. The van der Waals surface area contributed by atoms with Crippen LogP contribution in [-0.4, -0.2) is 40.3 Å². The highest BCUT2D eigenvalue weighted by Crippen LogP contribution is 2.18. The lowest BCUT2D eigenvalue weighted by Gasteiger charge is -2.27. The predicted molar refractivity (Wildman–Crippen MR) is 55.7 cm³/mol. The molecule has 0 aliphatic carbocycles. The van der Waals surface area contributed by atoms with Crippen molar-refractivity contribution in [3.63, 3.8) is 0 Å². The summed E-state index contributed by atoms with van der Waals surface area (Å²) in [5.41, 5.74) is -1.74. The molecule has 3 N–H and O–H groups in total. The molecule has 0 saturated heterocycles. The summed E-state index contributed by atoms with van der Waals surface area (Å²) >= 11 is 0. The fraction of sp³-hybridized carbons (Fsp3) is 0.364. The third kappa shape index (κ3) is 2.57. The van der Waals surface area contributed by atoms with Gasteiger partial charge in [0.25, 0.3) is 0 Å². The molecule has 1 aromatic carbocycles. The van der Waals surface area contributed by atoms with Crippen molar-refractivity contribution in [2.45, 2.75) is 18.3 Å². The summed E-state index contributed by atoms with van der Waals surface area (Å²) in [7, 11) is 1.13. The van der Waals surface area contributed by atoms with E-state index in [0.29, 0.717) is 5.56 Å². The van der Waals surface area contributed by atoms with Gasteiger partial charge in [0.15, 0.2) is 6.29 Å². The van der Waals surface area contributed by atoms with E-state index in [1.807, 2.05) is 0 Å². The number of rotatable bonds is 5. The average Bonchev–Trinajstić information content (AvgIpc) is 2.28. The van der Waals surface area contributed by atoms with E-state index in [-0.39, 0.29) is 6.42 Å². The molecule has 0 fully saturated rings. The largest absolute Gasteiger partial charge is 0.479 e. The fourth-order valence-electron chi connectivity index (χ4n) is 1.37. The Hall–Kier alpha value is -1.43. The van der Waals surface area contributed by atoms with Gasteiger partial charge in [-0.2, -0.15) is 0 Å². The molecule has 5 heteroatoms. The molecule has 88 valence electrons. The van der Waals surface area contributed by atoms with Crippen LogP contribution in [0.3, 0.4) is 0 Å². The van der Waals surface area contributed by atoms with Crippen molar-refractivity contribution < 1.29 is 24.9 Å². The van der Waals surface area contributed by atoms with Crippen molar-refractivity contribution in [1.29, 1.82) is 0 Å². The van der Waals surface area contributed by atoms with Crippen LogP contribution < -0.4 is 0 Å². The molecule has 0 radical (unpaired) electrons. The molecule has 0 saturated carbocycles. The van der Waals surface area contributed by atoms with Gasteiger partial charge in [0, 0.05) is 13.5 Å². The van der Waals surface area contributed by atoms with Gasteiger partial charge in [0.1, 0.15) is 0 Å². The molecule has 0 aliphatic heterocycles. The van der Waals surface area contributed by atoms with Crippen LogP contribution in [0.4, 0.5) is 0 Å². The molecule has 0 heterocycles. The van der Waals surface area contributed by atoms with Crippen molar-refractivity contribution >= 4 is 5.97 Å². The van der Waals surface area contributed by atoms with Crippen molar-refractivity contribution in [2.24, 2.45) is 0 Å². The molecule has 5 nitrogen and oxygen atoms in total. The number of methoxy groups -OCH3 is 1. The smallest absolute Gasteiger partial charge is 0.341 e. The average molecular weight is 226 g/mol. The molecule has 2 atom stereocenters. The topological polar surface area (TPSA) is 87.0 Å². The standard InChI is InChI=1S/C11H14O5/c1-16-10(14)11(15,9(12)13)7-8-5-3-2-4-6-8/h2-6,10,14-15H,7H2,1H3,(H,12,13). The predicted octanol–water partition coefficient (Wildman–Crippen LogP) is 0.00960. The summed E-state index contributed by atoms with van der Waals surface area (Å²) in [6.07, 6.45) is -2.00. The Morgan fingerprint density at radius 3 is 2.44 bits per heavy atom. The second-order valence-electron chi connectivity index (χ2n) is 3.48. The number of aliphatic hydroxyl groups is 2. The normalized spacial score (nSPS) is 16.4. The molecule has 1 rings (SSSR count). The van der Waals surface area contributed by atoms with Gasteiger partial charge in [0.05, 0.1) is 0 Å². The number of carboxylic acid groups (broad SMARTS) is 1. The van der Waals surface area contributed by atoms with Crippen LogP contribution in [0.25, 0.3) is 0 Å². The summed E-state index contributed by atoms with van der Waals surface area (Å²) in [5, 5.41) is 28.1. The Kier molecular flexibility index (Phi) is 4.00. The quantitative estimate of drug-likeness (QED) is 0.616. The molecule has 0 bridgehead atoms. The Balaban J connectivity index is 2.92. The number of ether oxygens (including phenoxy) is 1. The Bertz CT molecular complexity index is 351. The minimum atomic E-state index is -2.34. The lowest BCUT2D eigenvalue weighted by molar-refractivity contribution is -0.215. The molecule has 1 aromatic rings. The van der Waals surface area contributed by atoms with Crippen molar-refractivity contribution in [3.8, 4) is 0 Å². The first-order valence-corrected chi connectivity index (χ1v) is 4.71. The molecule has 2 unspecified atom stereocenters. The zero-order valence-electron chi connectivity index (χ0n) is 8.83. The summed E-state index contributed by atoms with van der Waals surface area (Å²) in [6, 6.07) is 8.54. The minimum absolute atomic E-state index is 0.224. The number of hydrogen-bond acceptors (Lipinski definition) is 4. The van der Waals surface area contributed by atoms with Crippen molar-refractivity contribution in [2.75, 3.05) is 7.11 Å². The van der Waals surface area contributed by atoms with Gasteiger partial charge in [-0.3, -0.25) is 0 Å². The van der Waals surface area contributed by atoms with Gasteiger partial charge in [0.2, 0.25) is 5.60 Å². The highest BCUT2D eigenvalue weighted by molar-refractivity contribution is 5.78. The first kappa shape index (κ1) is 12.6. The molecule has 0 aliphatic rings. The SMILES string of the molecule is COC(O)C(O)(Cc1ccccc1)C(=O)O. The highest BCUT2D eigenvalue weighted by Gasteiger charge is 2.44. The van der Waals surface area contributed by atoms with E-state index in [1.54, 1.807) is 30.3 Å². The van der Waals surface area contributed by atoms with Crippen molar-refractivity contribution in [3.05, 3.63) is 35.9 Å². The maximum atomic E-state index is 10.9. The summed E-state index contributed by atoms with van der Waals surface area (Å²) in [4.78, 5) is 10.9. The van der Waals surface area contributed by atoms with Crippen LogP contribution in [0.15, 0.2) is 30.3 Å². The monoisotopic (exact) mass is 226 g/mol. The maximum absolute atomic E-state index is 10.9. The van der Waals surface area contributed by atoms with Gasteiger partial charge >= 0.3 is 5.97 Å². The molecule has 0 spiro atoms. The number of aliphatic carboxylic acids is 1. The molecule has 0 aromatic heterocycles. The van der Waals surface area contributed by atoms with Crippen LogP contribution in [0.5, 0.6) is 0 Å². The maximum Gasteiger partial charge on any atom is 0.341 e. The second-order valence-corrected chi connectivity index (χ2v) is 3.48. The fourth-order valence-corrected chi connectivity index (χ4v) is 1.37. The number of benzene rings is 1. The zero-order chi connectivity index (χ0) is 12.2. The minimum Gasteiger partial charge on any atom is -0.479 e. The van der Waals surface area contributed by atoms with Crippen LogP contribution in [0, 0.1) is 0 Å². The van der Waals surface area contributed by atoms with Crippen molar-refractivity contribution in [1.82, 2.24) is 0 Å². The number of carboxylic acids is 1. The molecular formula is C11H14O5. The molecule has 16 heavy (non-hydrogen) atoms. The third-order valence-corrected chi connectivity index (χ3v) is 2.32. The van der Waals surface area contributed by atoms with E-state index in [4.69, 9.17) is 5.11 Å². The van der Waals surface area contributed by atoms with Gasteiger partial charge in [-0.1, -0.05) is 30.3 Å². The zero-order valence-corrected chi connectivity index (χ0v) is 8.83.